The molecule has 6 nitrogen and oxygen atoms in total. The van der Waals surface area contributed by atoms with Crippen LogP contribution in [0, 0.1) is 0 Å². The number of nitrogens with two attached hydrogens (primary N) is 1. The Hall–Kier alpha value is -2.76. The zero-order chi connectivity index (χ0) is 13.9. The fourth-order valence-electron chi connectivity index (χ4n) is 1.95. The Kier molecular flexibility index (Phi) is 3.12. The van der Waals surface area contributed by atoms with Gasteiger partial charge in [-0.3, -0.25) is 4.98 Å². The van der Waals surface area contributed by atoms with Crippen LogP contribution in [-0.2, 0) is 6.42 Å². The van der Waals surface area contributed by atoms with E-state index in [1.807, 2.05) is 36.4 Å². The highest BCUT2D eigenvalue weighted by Gasteiger charge is 2.07. The van der Waals surface area contributed by atoms with Gasteiger partial charge in [-0.2, -0.15) is 15.0 Å². The van der Waals surface area contributed by atoms with E-state index in [0.29, 0.717) is 12.2 Å². The number of ether oxygens (including phenoxy) is 1. The van der Waals surface area contributed by atoms with E-state index in [1.165, 1.54) is 7.11 Å². The summed E-state index contributed by atoms with van der Waals surface area (Å²) in [6.07, 6.45) is 0.480. The molecule has 0 fully saturated rings. The van der Waals surface area contributed by atoms with Crippen molar-refractivity contribution in [3.8, 4) is 6.01 Å². The third kappa shape index (κ3) is 2.49. The molecule has 2 heterocycles. The lowest BCUT2D eigenvalue weighted by Gasteiger charge is -2.04. The molecular formula is C14H13N5O. The number of rotatable bonds is 3. The lowest BCUT2D eigenvalue weighted by molar-refractivity contribution is 0.377. The number of hydrogen-bond donors (Lipinski definition) is 1. The number of para-hydroxylation sites is 1. The van der Waals surface area contributed by atoms with Gasteiger partial charge in [-0.05, 0) is 12.1 Å². The quantitative estimate of drug-likeness (QED) is 0.775. The summed E-state index contributed by atoms with van der Waals surface area (Å²) in [5.41, 5.74) is 7.43. The number of benzene rings is 1. The van der Waals surface area contributed by atoms with E-state index in [9.17, 15) is 0 Å². The van der Waals surface area contributed by atoms with E-state index in [1.54, 1.807) is 0 Å². The van der Waals surface area contributed by atoms with Crippen molar-refractivity contribution in [2.24, 2.45) is 0 Å². The molecule has 3 aromatic rings. The number of pyridine rings is 1. The third-order valence-electron chi connectivity index (χ3n) is 2.86. The molecule has 1 aromatic carbocycles. The normalized spacial score (nSPS) is 10.7. The van der Waals surface area contributed by atoms with Crippen molar-refractivity contribution < 1.29 is 4.74 Å². The second-order valence-corrected chi connectivity index (χ2v) is 4.27. The maximum absolute atomic E-state index is 5.62. The first kappa shape index (κ1) is 12.3. The number of fused-ring (bicyclic) bond motifs is 1. The van der Waals surface area contributed by atoms with E-state index in [2.05, 4.69) is 19.9 Å². The number of aromatic nitrogens is 4. The first-order valence-electron chi connectivity index (χ1n) is 6.14. The van der Waals surface area contributed by atoms with Gasteiger partial charge in [-0.1, -0.05) is 24.3 Å². The van der Waals surface area contributed by atoms with Gasteiger partial charge in [-0.15, -0.1) is 0 Å². The molecule has 0 amide bonds. The summed E-state index contributed by atoms with van der Waals surface area (Å²) < 4.78 is 4.98. The van der Waals surface area contributed by atoms with Gasteiger partial charge < -0.3 is 10.5 Å². The molecule has 0 atom stereocenters. The highest BCUT2D eigenvalue weighted by atomic mass is 16.5. The predicted molar refractivity (Wildman–Crippen MR) is 75.3 cm³/mol. The fourth-order valence-corrected chi connectivity index (χ4v) is 1.95. The maximum atomic E-state index is 5.62. The molecule has 0 aliphatic rings. The molecule has 100 valence electrons. The van der Waals surface area contributed by atoms with Crippen LogP contribution in [0.25, 0.3) is 10.9 Å². The zero-order valence-electron chi connectivity index (χ0n) is 10.9. The Balaban J connectivity index is 1.94. The summed E-state index contributed by atoms with van der Waals surface area (Å²) in [7, 11) is 1.49. The van der Waals surface area contributed by atoms with E-state index in [0.717, 1.165) is 16.6 Å². The summed E-state index contributed by atoms with van der Waals surface area (Å²) in [6.45, 7) is 0. The van der Waals surface area contributed by atoms with Gasteiger partial charge in [0.1, 0.15) is 5.82 Å². The standard InChI is InChI=1S/C14H13N5O/c1-20-14-18-12(17-13(15)19-14)8-10-7-6-9-4-2-3-5-11(9)16-10/h2-7H,8H2,1H3,(H2,15,17,18,19). The van der Waals surface area contributed by atoms with Crippen LogP contribution in [0.4, 0.5) is 5.95 Å². The van der Waals surface area contributed by atoms with Gasteiger partial charge >= 0.3 is 6.01 Å². The van der Waals surface area contributed by atoms with Crippen LogP contribution in [-0.4, -0.2) is 27.0 Å². The largest absolute Gasteiger partial charge is 0.467 e. The lowest BCUT2D eigenvalue weighted by atomic mass is 10.2. The van der Waals surface area contributed by atoms with Gasteiger partial charge in [0, 0.05) is 11.1 Å². The molecule has 6 heteroatoms. The Morgan fingerprint density at radius 3 is 2.70 bits per heavy atom. The lowest BCUT2D eigenvalue weighted by Crippen LogP contribution is -2.06. The number of hydrogen-bond acceptors (Lipinski definition) is 6. The van der Waals surface area contributed by atoms with E-state index < -0.39 is 0 Å². The van der Waals surface area contributed by atoms with Gasteiger partial charge in [0.25, 0.3) is 0 Å². The van der Waals surface area contributed by atoms with Crippen LogP contribution in [0.1, 0.15) is 11.5 Å². The van der Waals surface area contributed by atoms with Crippen molar-refractivity contribution in [3.05, 3.63) is 47.9 Å². The molecule has 2 N–H and O–H groups in total. The Morgan fingerprint density at radius 2 is 1.85 bits per heavy atom. The minimum absolute atomic E-state index is 0.146. The summed E-state index contributed by atoms with van der Waals surface area (Å²) in [5.74, 6) is 0.685. The highest BCUT2D eigenvalue weighted by molar-refractivity contribution is 5.78. The molecule has 20 heavy (non-hydrogen) atoms. The van der Waals surface area contributed by atoms with Crippen molar-refractivity contribution in [2.45, 2.75) is 6.42 Å². The van der Waals surface area contributed by atoms with Crippen LogP contribution in [0.2, 0.25) is 0 Å². The van der Waals surface area contributed by atoms with Crippen LogP contribution in [0.5, 0.6) is 6.01 Å². The van der Waals surface area contributed by atoms with Crippen LogP contribution < -0.4 is 10.5 Å². The second-order valence-electron chi connectivity index (χ2n) is 4.27. The molecular weight excluding hydrogens is 254 g/mol. The Bertz CT molecular complexity index is 759. The monoisotopic (exact) mass is 267 g/mol. The van der Waals surface area contributed by atoms with Crippen molar-refractivity contribution in [1.82, 2.24) is 19.9 Å². The number of nitrogen functional groups attached to an aromatic ring is 1. The Labute approximate surface area is 115 Å². The minimum Gasteiger partial charge on any atom is -0.467 e. The molecule has 0 aliphatic carbocycles. The first-order chi connectivity index (χ1) is 9.74. The van der Waals surface area contributed by atoms with Crippen molar-refractivity contribution in [2.75, 3.05) is 12.8 Å². The summed E-state index contributed by atoms with van der Waals surface area (Å²) in [4.78, 5) is 16.7. The van der Waals surface area contributed by atoms with E-state index >= 15 is 0 Å². The molecule has 3 rings (SSSR count). The van der Waals surface area contributed by atoms with Gasteiger partial charge in [0.05, 0.1) is 19.0 Å². The molecule has 0 aliphatic heterocycles. The van der Waals surface area contributed by atoms with Crippen LogP contribution >= 0.6 is 0 Å². The van der Waals surface area contributed by atoms with Crippen molar-refractivity contribution in [3.63, 3.8) is 0 Å². The molecule has 0 radical (unpaired) electrons. The van der Waals surface area contributed by atoms with E-state index in [-0.39, 0.29) is 12.0 Å². The van der Waals surface area contributed by atoms with Gasteiger partial charge in [-0.25, -0.2) is 0 Å². The van der Waals surface area contributed by atoms with E-state index in [4.69, 9.17) is 10.5 Å². The summed E-state index contributed by atoms with van der Waals surface area (Å²) in [5, 5.41) is 1.10. The van der Waals surface area contributed by atoms with Crippen LogP contribution in [0.3, 0.4) is 0 Å². The number of anilines is 1. The maximum Gasteiger partial charge on any atom is 0.321 e. The molecule has 0 saturated heterocycles. The van der Waals surface area contributed by atoms with Crippen molar-refractivity contribution in [1.29, 1.82) is 0 Å². The average molecular weight is 267 g/mol. The SMILES string of the molecule is COc1nc(N)nc(Cc2ccc3ccccc3n2)n1. The zero-order valence-corrected chi connectivity index (χ0v) is 10.9. The molecule has 2 aromatic heterocycles. The number of methoxy groups -OCH3 is 1. The summed E-state index contributed by atoms with van der Waals surface area (Å²) >= 11 is 0. The third-order valence-corrected chi connectivity index (χ3v) is 2.86. The fraction of sp³-hybridized carbons (Fsp3) is 0.143. The summed E-state index contributed by atoms with van der Waals surface area (Å²) in [6, 6.07) is 12.1. The van der Waals surface area contributed by atoms with Gasteiger partial charge in [0.2, 0.25) is 5.95 Å². The van der Waals surface area contributed by atoms with Gasteiger partial charge in [0.15, 0.2) is 0 Å². The number of nitrogens with zero attached hydrogens (tertiary/aromatic N) is 4. The van der Waals surface area contributed by atoms with Crippen LogP contribution in [0.15, 0.2) is 36.4 Å². The smallest absolute Gasteiger partial charge is 0.321 e. The average Bonchev–Trinajstić information content (AvgIpc) is 2.46. The first-order valence-corrected chi connectivity index (χ1v) is 6.14. The van der Waals surface area contributed by atoms with Crippen molar-refractivity contribution >= 4 is 16.9 Å². The molecule has 0 saturated carbocycles. The minimum atomic E-state index is 0.146. The molecule has 0 unspecified atom stereocenters. The molecule has 0 spiro atoms. The topological polar surface area (TPSA) is 86.8 Å². The highest BCUT2D eigenvalue weighted by Crippen LogP contribution is 2.14. The molecule has 0 bridgehead atoms. The predicted octanol–water partition coefficient (Wildman–Crippen LogP) is 1.60. The second kappa shape index (κ2) is 5.08. The Morgan fingerprint density at radius 1 is 1.00 bits per heavy atom.